The second-order valence-electron chi connectivity index (χ2n) is 7.38. The summed E-state index contributed by atoms with van der Waals surface area (Å²) in [6.07, 6.45) is 0. The van der Waals surface area contributed by atoms with E-state index in [1.54, 1.807) is 14.2 Å². The third kappa shape index (κ3) is 7.50. The number of nitrogens with zero attached hydrogens (tertiary/aromatic N) is 2. The first kappa shape index (κ1) is 26.7. The van der Waals surface area contributed by atoms with Crippen molar-refractivity contribution in [3.8, 4) is 11.5 Å². The van der Waals surface area contributed by atoms with Gasteiger partial charge in [-0.3, -0.25) is 4.90 Å². The Morgan fingerprint density at radius 1 is 1.12 bits per heavy atom. The van der Waals surface area contributed by atoms with Crippen molar-refractivity contribution in [3.05, 3.63) is 45.6 Å². The summed E-state index contributed by atoms with van der Waals surface area (Å²) in [5.41, 5.74) is 1.06. The van der Waals surface area contributed by atoms with Crippen molar-refractivity contribution in [1.29, 1.82) is 0 Å². The van der Waals surface area contributed by atoms with E-state index in [0.29, 0.717) is 18.3 Å². The zero-order valence-electron chi connectivity index (χ0n) is 19.3. The Hall–Kier alpha value is -1.56. The Morgan fingerprint density at radius 3 is 2.50 bits per heavy atom. The van der Waals surface area contributed by atoms with Crippen molar-refractivity contribution in [2.45, 2.75) is 26.4 Å². The number of guanidine groups is 1. The molecule has 3 rings (SSSR count). The number of nitrogens with one attached hydrogen (secondary N) is 2. The highest BCUT2D eigenvalue weighted by Crippen LogP contribution is 2.29. The summed E-state index contributed by atoms with van der Waals surface area (Å²) in [7, 11) is 3.29. The molecule has 2 heterocycles. The molecular weight excluding hydrogens is 539 g/mol. The fourth-order valence-electron chi connectivity index (χ4n) is 3.62. The van der Waals surface area contributed by atoms with Crippen molar-refractivity contribution in [2.24, 2.45) is 4.99 Å². The van der Waals surface area contributed by atoms with Crippen molar-refractivity contribution in [2.75, 3.05) is 53.6 Å². The highest BCUT2D eigenvalue weighted by Gasteiger charge is 2.24. The molecule has 32 heavy (non-hydrogen) atoms. The van der Waals surface area contributed by atoms with Crippen LogP contribution in [0, 0.1) is 6.92 Å². The van der Waals surface area contributed by atoms with Gasteiger partial charge in [0.05, 0.1) is 40.0 Å². The van der Waals surface area contributed by atoms with Gasteiger partial charge in [-0.2, -0.15) is 0 Å². The van der Waals surface area contributed by atoms with Gasteiger partial charge in [0.15, 0.2) is 17.5 Å². The molecule has 0 saturated carbocycles. The minimum Gasteiger partial charge on any atom is -0.493 e. The van der Waals surface area contributed by atoms with Gasteiger partial charge < -0.3 is 24.8 Å². The highest BCUT2D eigenvalue weighted by molar-refractivity contribution is 14.0. The Bertz CT molecular complexity index is 856. The standard InChI is InChI=1S/C23H34N4O3S.HI/c1-5-24-23(25-15-18-7-8-20(28-3)21(14-18)29-4)26-16-19(22-9-6-17(2)31-22)27-10-12-30-13-11-27;/h6-9,14,19H,5,10-13,15-16H2,1-4H3,(H2,24,25,26);1H. The molecule has 2 N–H and O–H groups in total. The minimum absolute atomic E-state index is 0. The zero-order valence-corrected chi connectivity index (χ0v) is 22.5. The maximum Gasteiger partial charge on any atom is 0.191 e. The van der Waals surface area contributed by atoms with E-state index in [1.165, 1.54) is 9.75 Å². The third-order valence-electron chi connectivity index (χ3n) is 5.25. The first-order valence-electron chi connectivity index (χ1n) is 10.8. The number of hydrogen-bond acceptors (Lipinski definition) is 6. The van der Waals surface area contributed by atoms with E-state index in [-0.39, 0.29) is 24.0 Å². The summed E-state index contributed by atoms with van der Waals surface area (Å²) >= 11 is 1.86. The number of thiophene rings is 1. The highest BCUT2D eigenvalue weighted by atomic mass is 127. The quantitative estimate of drug-likeness (QED) is 0.270. The van der Waals surface area contributed by atoms with E-state index in [9.17, 15) is 0 Å². The zero-order chi connectivity index (χ0) is 22.1. The summed E-state index contributed by atoms with van der Waals surface area (Å²) in [6, 6.07) is 10.6. The number of benzene rings is 1. The van der Waals surface area contributed by atoms with Gasteiger partial charge in [0.1, 0.15) is 0 Å². The van der Waals surface area contributed by atoms with Crippen LogP contribution in [0.1, 0.15) is 28.3 Å². The van der Waals surface area contributed by atoms with E-state index in [1.807, 2.05) is 29.5 Å². The number of rotatable bonds is 9. The molecule has 1 saturated heterocycles. The average molecular weight is 575 g/mol. The summed E-state index contributed by atoms with van der Waals surface area (Å²) in [5.74, 6) is 2.25. The SMILES string of the molecule is CCNC(=NCc1ccc(OC)c(OC)c1)NCC(c1ccc(C)s1)N1CCOCC1.I. The normalized spacial score (nSPS) is 15.6. The van der Waals surface area contributed by atoms with E-state index in [2.05, 4.69) is 41.5 Å². The number of hydrogen-bond donors (Lipinski definition) is 2. The Balaban J connectivity index is 0.00000363. The predicted molar refractivity (Wildman–Crippen MR) is 142 cm³/mol. The first-order chi connectivity index (χ1) is 15.1. The molecule has 2 aromatic rings. The molecule has 0 amide bonds. The van der Waals surface area contributed by atoms with E-state index >= 15 is 0 Å². The van der Waals surface area contributed by atoms with Gasteiger partial charge in [0.2, 0.25) is 0 Å². The fraction of sp³-hybridized carbons (Fsp3) is 0.522. The number of methoxy groups -OCH3 is 2. The molecule has 1 fully saturated rings. The van der Waals surface area contributed by atoms with Gasteiger partial charge in [-0.15, -0.1) is 35.3 Å². The van der Waals surface area contributed by atoms with Crippen molar-refractivity contribution in [1.82, 2.24) is 15.5 Å². The van der Waals surface area contributed by atoms with Crippen molar-refractivity contribution in [3.63, 3.8) is 0 Å². The minimum atomic E-state index is 0. The molecular formula is C23H35IN4O3S. The topological polar surface area (TPSA) is 67.4 Å². The van der Waals surface area contributed by atoms with Crippen LogP contribution in [0.4, 0.5) is 0 Å². The summed E-state index contributed by atoms with van der Waals surface area (Å²) in [5, 5.41) is 6.92. The van der Waals surface area contributed by atoms with Crippen LogP contribution < -0.4 is 20.1 Å². The van der Waals surface area contributed by atoms with Gasteiger partial charge in [-0.25, -0.2) is 4.99 Å². The molecule has 178 valence electrons. The summed E-state index contributed by atoms with van der Waals surface area (Å²) in [6.45, 7) is 9.85. The lowest BCUT2D eigenvalue weighted by molar-refractivity contribution is 0.0177. The lowest BCUT2D eigenvalue weighted by Crippen LogP contribution is -2.46. The number of ether oxygens (including phenoxy) is 3. The van der Waals surface area contributed by atoms with E-state index < -0.39 is 0 Å². The van der Waals surface area contributed by atoms with Gasteiger partial charge in [0, 0.05) is 35.9 Å². The van der Waals surface area contributed by atoms with E-state index in [4.69, 9.17) is 19.2 Å². The largest absolute Gasteiger partial charge is 0.493 e. The molecule has 9 heteroatoms. The van der Waals surface area contributed by atoms with Crippen LogP contribution in [0.2, 0.25) is 0 Å². The van der Waals surface area contributed by atoms with Crippen LogP contribution in [0.25, 0.3) is 0 Å². The van der Waals surface area contributed by atoms with Crippen LogP contribution in [-0.2, 0) is 11.3 Å². The maximum absolute atomic E-state index is 5.56. The van der Waals surface area contributed by atoms with Crippen LogP contribution in [-0.4, -0.2) is 64.5 Å². The number of morpholine rings is 1. The molecule has 0 bridgehead atoms. The number of aliphatic imine (C=N–C) groups is 1. The van der Waals surface area contributed by atoms with Crippen LogP contribution in [0.3, 0.4) is 0 Å². The van der Waals surface area contributed by atoms with Gasteiger partial charge in [-0.1, -0.05) is 6.07 Å². The van der Waals surface area contributed by atoms with Gasteiger partial charge in [-0.05, 0) is 43.7 Å². The lowest BCUT2D eigenvalue weighted by atomic mass is 10.2. The Kier molecular flexibility index (Phi) is 11.6. The molecule has 7 nitrogen and oxygen atoms in total. The lowest BCUT2D eigenvalue weighted by Gasteiger charge is -2.34. The molecule has 1 aliphatic heterocycles. The molecule has 1 unspecified atom stereocenters. The predicted octanol–water partition coefficient (Wildman–Crippen LogP) is 3.82. The summed E-state index contributed by atoms with van der Waals surface area (Å²) < 4.78 is 16.3. The van der Waals surface area contributed by atoms with Crippen LogP contribution >= 0.6 is 35.3 Å². The number of halogens is 1. The van der Waals surface area contributed by atoms with Crippen molar-refractivity contribution >= 4 is 41.3 Å². The fourth-order valence-corrected chi connectivity index (χ4v) is 4.63. The van der Waals surface area contributed by atoms with Crippen LogP contribution in [0.5, 0.6) is 11.5 Å². The molecule has 0 radical (unpaired) electrons. The molecule has 1 atom stereocenters. The third-order valence-corrected chi connectivity index (χ3v) is 6.35. The molecule has 1 aromatic carbocycles. The molecule has 1 aromatic heterocycles. The monoisotopic (exact) mass is 574 g/mol. The number of aryl methyl sites for hydroxylation is 1. The average Bonchev–Trinajstić information content (AvgIpc) is 3.23. The molecule has 0 aliphatic carbocycles. The maximum atomic E-state index is 5.56. The second kappa shape index (κ2) is 13.9. The van der Waals surface area contributed by atoms with E-state index in [0.717, 1.165) is 56.7 Å². The van der Waals surface area contributed by atoms with Gasteiger partial charge >= 0.3 is 0 Å². The first-order valence-corrected chi connectivity index (χ1v) is 11.6. The molecule has 1 aliphatic rings. The van der Waals surface area contributed by atoms with Crippen LogP contribution in [0.15, 0.2) is 35.3 Å². The summed E-state index contributed by atoms with van der Waals surface area (Å²) in [4.78, 5) is 10.0. The van der Waals surface area contributed by atoms with Crippen molar-refractivity contribution < 1.29 is 14.2 Å². The Labute approximate surface area is 212 Å². The van der Waals surface area contributed by atoms with Gasteiger partial charge in [0.25, 0.3) is 0 Å². The Morgan fingerprint density at radius 2 is 1.88 bits per heavy atom. The molecule has 0 spiro atoms. The smallest absolute Gasteiger partial charge is 0.191 e. The second-order valence-corrected chi connectivity index (χ2v) is 8.70.